The van der Waals surface area contributed by atoms with E-state index in [9.17, 15) is 4.39 Å². The molecule has 0 aliphatic carbocycles. The van der Waals surface area contributed by atoms with Gasteiger partial charge in [0.2, 0.25) is 0 Å². The van der Waals surface area contributed by atoms with Crippen LogP contribution in [0.2, 0.25) is 0 Å². The van der Waals surface area contributed by atoms with E-state index < -0.39 is 0 Å². The number of benzene rings is 1. The van der Waals surface area contributed by atoms with Crippen LogP contribution in [-0.2, 0) is 6.42 Å². The molecule has 0 radical (unpaired) electrons. The van der Waals surface area contributed by atoms with Gasteiger partial charge in [-0.15, -0.1) is 0 Å². The van der Waals surface area contributed by atoms with Gasteiger partial charge in [-0.25, -0.2) is 4.39 Å². The molecule has 0 spiro atoms. The molecule has 1 atom stereocenters. The second-order valence-electron chi connectivity index (χ2n) is 4.27. The van der Waals surface area contributed by atoms with Crippen LogP contribution in [0.3, 0.4) is 0 Å². The lowest BCUT2D eigenvalue weighted by Gasteiger charge is -2.15. The Morgan fingerprint density at radius 1 is 1.32 bits per heavy atom. The molecular formula is C15H18FNO2. The minimum atomic E-state index is -0.312. The SMILES string of the molecule is CCc1ccc(C(NC)c2ccc(OC)cc2F)o1. The van der Waals surface area contributed by atoms with Gasteiger partial charge in [0, 0.05) is 18.1 Å². The molecule has 3 nitrogen and oxygen atoms in total. The molecule has 0 saturated heterocycles. The van der Waals surface area contributed by atoms with Gasteiger partial charge in [-0.05, 0) is 25.2 Å². The third kappa shape index (κ3) is 2.79. The Bertz CT molecular complexity index is 551. The summed E-state index contributed by atoms with van der Waals surface area (Å²) in [6, 6.07) is 8.33. The average Bonchev–Trinajstić information content (AvgIpc) is 2.90. The lowest BCUT2D eigenvalue weighted by atomic mass is 10.0. The molecule has 1 aromatic heterocycles. The summed E-state index contributed by atoms with van der Waals surface area (Å²) in [7, 11) is 3.30. The van der Waals surface area contributed by atoms with Crippen LogP contribution in [0.5, 0.6) is 5.75 Å². The van der Waals surface area contributed by atoms with Crippen LogP contribution in [-0.4, -0.2) is 14.2 Å². The van der Waals surface area contributed by atoms with E-state index in [1.165, 1.54) is 13.2 Å². The van der Waals surface area contributed by atoms with Crippen molar-refractivity contribution >= 4 is 0 Å². The number of methoxy groups -OCH3 is 1. The van der Waals surface area contributed by atoms with Crippen molar-refractivity contribution in [1.82, 2.24) is 5.32 Å². The van der Waals surface area contributed by atoms with Gasteiger partial charge in [-0.2, -0.15) is 0 Å². The van der Waals surface area contributed by atoms with E-state index in [2.05, 4.69) is 5.32 Å². The first kappa shape index (κ1) is 13.6. The molecule has 102 valence electrons. The van der Waals surface area contributed by atoms with Crippen LogP contribution in [0.4, 0.5) is 4.39 Å². The van der Waals surface area contributed by atoms with Gasteiger partial charge in [-0.1, -0.05) is 13.0 Å². The lowest BCUT2D eigenvalue weighted by Crippen LogP contribution is -2.18. The van der Waals surface area contributed by atoms with Crippen molar-refractivity contribution in [3.05, 3.63) is 53.2 Å². The molecule has 2 aromatic rings. The molecule has 2 rings (SSSR count). The molecule has 0 amide bonds. The number of ether oxygens (including phenoxy) is 1. The average molecular weight is 263 g/mol. The number of hydrogen-bond donors (Lipinski definition) is 1. The third-order valence-electron chi connectivity index (χ3n) is 3.12. The number of nitrogens with one attached hydrogen (secondary N) is 1. The second-order valence-corrected chi connectivity index (χ2v) is 4.27. The smallest absolute Gasteiger partial charge is 0.132 e. The molecule has 0 bridgehead atoms. The highest BCUT2D eigenvalue weighted by Gasteiger charge is 2.19. The number of halogens is 1. The van der Waals surface area contributed by atoms with E-state index in [-0.39, 0.29) is 11.9 Å². The molecule has 0 aliphatic heterocycles. The maximum absolute atomic E-state index is 14.1. The van der Waals surface area contributed by atoms with Crippen molar-refractivity contribution in [2.24, 2.45) is 0 Å². The van der Waals surface area contributed by atoms with Gasteiger partial charge in [0.05, 0.1) is 13.2 Å². The normalized spacial score (nSPS) is 12.4. The van der Waals surface area contributed by atoms with E-state index in [4.69, 9.17) is 9.15 Å². The zero-order valence-electron chi connectivity index (χ0n) is 11.4. The Morgan fingerprint density at radius 2 is 2.11 bits per heavy atom. The van der Waals surface area contributed by atoms with E-state index >= 15 is 0 Å². The van der Waals surface area contributed by atoms with Crippen molar-refractivity contribution in [3.63, 3.8) is 0 Å². The predicted molar refractivity (Wildman–Crippen MR) is 71.9 cm³/mol. The number of rotatable bonds is 5. The highest BCUT2D eigenvalue weighted by molar-refractivity contribution is 5.34. The minimum Gasteiger partial charge on any atom is -0.497 e. The number of furan rings is 1. The number of hydrogen-bond acceptors (Lipinski definition) is 3. The molecule has 1 unspecified atom stereocenters. The second kappa shape index (κ2) is 5.89. The van der Waals surface area contributed by atoms with E-state index in [0.717, 1.165) is 12.2 Å². The van der Waals surface area contributed by atoms with Crippen LogP contribution in [0, 0.1) is 5.82 Å². The molecule has 1 heterocycles. The predicted octanol–water partition coefficient (Wildman–Crippen LogP) is 3.30. The Kier molecular flexibility index (Phi) is 4.22. The van der Waals surface area contributed by atoms with E-state index in [0.29, 0.717) is 17.1 Å². The molecule has 4 heteroatoms. The van der Waals surface area contributed by atoms with Gasteiger partial charge < -0.3 is 14.5 Å². The summed E-state index contributed by atoms with van der Waals surface area (Å²) in [4.78, 5) is 0. The van der Waals surface area contributed by atoms with Gasteiger partial charge in [0.15, 0.2) is 0 Å². The fourth-order valence-corrected chi connectivity index (χ4v) is 2.06. The first-order valence-corrected chi connectivity index (χ1v) is 6.29. The van der Waals surface area contributed by atoms with Crippen molar-refractivity contribution < 1.29 is 13.5 Å². The molecule has 0 aliphatic rings. The van der Waals surface area contributed by atoms with Gasteiger partial charge in [-0.3, -0.25) is 0 Å². The summed E-state index contributed by atoms with van der Waals surface area (Å²) in [6.07, 6.45) is 0.821. The minimum absolute atomic E-state index is 0.300. The van der Waals surface area contributed by atoms with Crippen LogP contribution >= 0.6 is 0 Å². The zero-order chi connectivity index (χ0) is 13.8. The summed E-state index contributed by atoms with van der Waals surface area (Å²) in [6.45, 7) is 2.02. The highest BCUT2D eigenvalue weighted by Crippen LogP contribution is 2.28. The Hall–Kier alpha value is -1.81. The zero-order valence-corrected chi connectivity index (χ0v) is 11.4. The molecular weight excluding hydrogens is 245 g/mol. The van der Waals surface area contributed by atoms with Gasteiger partial charge in [0.1, 0.15) is 23.1 Å². The third-order valence-corrected chi connectivity index (χ3v) is 3.12. The van der Waals surface area contributed by atoms with Crippen molar-refractivity contribution in [2.45, 2.75) is 19.4 Å². The Morgan fingerprint density at radius 3 is 2.63 bits per heavy atom. The largest absolute Gasteiger partial charge is 0.497 e. The van der Waals surface area contributed by atoms with Crippen molar-refractivity contribution in [2.75, 3.05) is 14.2 Å². The van der Waals surface area contributed by atoms with Crippen molar-refractivity contribution in [1.29, 1.82) is 0 Å². The Labute approximate surface area is 112 Å². The van der Waals surface area contributed by atoms with E-state index in [1.807, 2.05) is 19.1 Å². The summed E-state index contributed by atoms with van der Waals surface area (Å²) in [5, 5.41) is 3.08. The van der Waals surface area contributed by atoms with Gasteiger partial charge >= 0.3 is 0 Å². The fraction of sp³-hybridized carbons (Fsp3) is 0.333. The van der Waals surface area contributed by atoms with Crippen LogP contribution in [0.25, 0.3) is 0 Å². The maximum Gasteiger partial charge on any atom is 0.132 e. The summed E-state index contributed by atoms with van der Waals surface area (Å²) in [5.74, 6) is 1.80. The van der Waals surface area contributed by atoms with Crippen LogP contribution < -0.4 is 10.1 Å². The molecule has 1 aromatic carbocycles. The fourth-order valence-electron chi connectivity index (χ4n) is 2.06. The van der Waals surface area contributed by atoms with Crippen molar-refractivity contribution in [3.8, 4) is 5.75 Å². The molecule has 19 heavy (non-hydrogen) atoms. The molecule has 0 fully saturated rings. The molecule has 0 saturated carbocycles. The summed E-state index contributed by atoms with van der Waals surface area (Å²) in [5.41, 5.74) is 0.542. The molecule has 1 N–H and O–H groups in total. The standard InChI is InChI=1S/C15H18FNO2/c1-4-10-6-8-14(19-10)15(17-2)12-7-5-11(18-3)9-13(12)16/h5-9,15,17H,4H2,1-3H3. The van der Waals surface area contributed by atoms with Crippen LogP contribution in [0.1, 0.15) is 30.0 Å². The quantitative estimate of drug-likeness (QED) is 0.898. The maximum atomic E-state index is 14.1. The topological polar surface area (TPSA) is 34.4 Å². The Balaban J connectivity index is 2.36. The number of aryl methyl sites for hydroxylation is 1. The first-order valence-electron chi connectivity index (χ1n) is 6.29. The van der Waals surface area contributed by atoms with E-state index in [1.54, 1.807) is 19.2 Å². The first-order chi connectivity index (χ1) is 9.19. The lowest BCUT2D eigenvalue weighted by molar-refractivity contribution is 0.406. The van der Waals surface area contributed by atoms with Crippen LogP contribution in [0.15, 0.2) is 34.7 Å². The summed E-state index contributed by atoms with van der Waals surface area (Å²) < 4.78 is 24.8. The summed E-state index contributed by atoms with van der Waals surface area (Å²) >= 11 is 0. The monoisotopic (exact) mass is 263 g/mol. The van der Waals surface area contributed by atoms with Gasteiger partial charge in [0.25, 0.3) is 0 Å². The highest BCUT2D eigenvalue weighted by atomic mass is 19.1.